The number of nitrogens with zero attached hydrogens (tertiary/aromatic N) is 5. The van der Waals surface area contributed by atoms with E-state index in [0.29, 0.717) is 11.2 Å². The van der Waals surface area contributed by atoms with E-state index in [1.165, 1.54) is 11.8 Å². The van der Waals surface area contributed by atoms with Gasteiger partial charge in [0.2, 0.25) is 11.1 Å². The van der Waals surface area contributed by atoms with Crippen molar-refractivity contribution in [1.29, 1.82) is 5.26 Å². The van der Waals surface area contributed by atoms with E-state index in [0.717, 1.165) is 44.9 Å². The van der Waals surface area contributed by atoms with Gasteiger partial charge in [-0.3, -0.25) is 4.79 Å². The Hall–Kier alpha value is -1.62. The van der Waals surface area contributed by atoms with E-state index in [1.54, 1.807) is 4.68 Å². The van der Waals surface area contributed by atoms with Gasteiger partial charge in [0.25, 0.3) is 0 Å². The Morgan fingerprint density at radius 2 is 2.18 bits per heavy atom. The van der Waals surface area contributed by atoms with E-state index < -0.39 is 5.54 Å². The molecule has 1 amide bonds. The van der Waals surface area contributed by atoms with Crippen LogP contribution >= 0.6 is 11.8 Å². The SMILES string of the molecule is CC(Sc1nnnn1C1CC1)C(=O)NC1(C#N)CCCCC1. The number of aromatic nitrogens is 4. The topological polar surface area (TPSA) is 96.5 Å². The third-order valence-electron chi connectivity index (χ3n) is 4.29. The highest BCUT2D eigenvalue weighted by Crippen LogP contribution is 2.37. The van der Waals surface area contributed by atoms with Crippen LogP contribution in [0.4, 0.5) is 0 Å². The number of nitrogens with one attached hydrogen (secondary N) is 1. The van der Waals surface area contributed by atoms with Crippen molar-refractivity contribution in [3.05, 3.63) is 0 Å². The first-order valence-corrected chi connectivity index (χ1v) is 8.69. The highest BCUT2D eigenvalue weighted by Gasteiger charge is 2.35. The number of amides is 1. The fourth-order valence-electron chi connectivity index (χ4n) is 2.78. The van der Waals surface area contributed by atoms with Crippen LogP contribution < -0.4 is 5.32 Å². The third kappa shape index (κ3) is 3.24. The maximum absolute atomic E-state index is 12.4. The molecule has 7 nitrogen and oxygen atoms in total. The van der Waals surface area contributed by atoms with Gasteiger partial charge in [0.05, 0.1) is 17.4 Å². The van der Waals surface area contributed by atoms with Crippen molar-refractivity contribution in [2.24, 2.45) is 0 Å². The van der Waals surface area contributed by atoms with E-state index in [2.05, 4.69) is 26.9 Å². The van der Waals surface area contributed by atoms with Gasteiger partial charge in [-0.2, -0.15) is 5.26 Å². The van der Waals surface area contributed by atoms with Crippen LogP contribution in [-0.2, 0) is 4.79 Å². The molecular weight excluding hydrogens is 300 g/mol. The van der Waals surface area contributed by atoms with Crippen LogP contribution in [0.15, 0.2) is 5.16 Å². The van der Waals surface area contributed by atoms with Crippen LogP contribution in [0.5, 0.6) is 0 Å². The standard InChI is InChI=1S/C14H20N6OS/c1-10(22-13-17-18-19-20(13)11-5-6-11)12(21)16-14(9-15)7-3-2-4-8-14/h10-11H,2-8H2,1H3,(H,16,21). The monoisotopic (exact) mass is 320 g/mol. The molecule has 0 aromatic carbocycles. The lowest BCUT2D eigenvalue weighted by atomic mass is 9.83. The zero-order chi connectivity index (χ0) is 15.6. The lowest BCUT2D eigenvalue weighted by Gasteiger charge is -2.32. The maximum atomic E-state index is 12.4. The van der Waals surface area contributed by atoms with Crippen LogP contribution in [0.3, 0.4) is 0 Å². The number of carbonyl (C=O) groups is 1. The van der Waals surface area contributed by atoms with E-state index >= 15 is 0 Å². The van der Waals surface area contributed by atoms with Crippen LogP contribution in [0.2, 0.25) is 0 Å². The molecule has 2 saturated carbocycles. The molecule has 0 saturated heterocycles. The van der Waals surface area contributed by atoms with E-state index in [9.17, 15) is 10.1 Å². The summed E-state index contributed by atoms with van der Waals surface area (Å²) in [7, 11) is 0. The van der Waals surface area contributed by atoms with Crippen molar-refractivity contribution in [2.45, 2.75) is 73.9 Å². The van der Waals surface area contributed by atoms with E-state index in [-0.39, 0.29) is 11.2 Å². The van der Waals surface area contributed by atoms with Gasteiger partial charge in [-0.1, -0.05) is 31.0 Å². The number of thioether (sulfide) groups is 1. The van der Waals surface area contributed by atoms with Gasteiger partial charge in [0.15, 0.2) is 0 Å². The molecular formula is C14H20N6OS. The summed E-state index contributed by atoms with van der Waals surface area (Å²) >= 11 is 1.36. The van der Waals surface area contributed by atoms with Crippen LogP contribution in [0.25, 0.3) is 0 Å². The lowest BCUT2D eigenvalue weighted by molar-refractivity contribution is -0.121. The second kappa shape index (κ2) is 6.24. The Morgan fingerprint density at radius 1 is 1.45 bits per heavy atom. The van der Waals surface area contributed by atoms with Crippen molar-refractivity contribution in [2.75, 3.05) is 0 Å². The second-order valence-electron chi connectivity index (χ2n) is 6.14. The number of tetrazole rings is 1. The first-order valence-electron chi connectivity index (χ1n) is 7.81. The maximum Gasteiger partial charge on any atom is 0.234 e. The molecule has 22 heavy (non-hydrogen) atoms. The molecule has 1 atom stereocenters. The molecule has 3 rings (SSSR count). The Kier molecular flexibility index (Phi) is 4.34. The van der Waals surface area contributed by atoms with Gasteiger partial charge in [-0.25, -0.2) is 4.68 Å². The molecule has 118 valence electrons. The first kappa shape index (κ1) is 15.3. The van der Waals surface area contributed by atoms with Gasteiger partial charge in [0, 0.05) is 0 Å². The van der Waals surface area contributed by atoms with E-state index in [4.69, 9.17) is 0 Å². The van der Waals surface area contributed by atoms with Gasteiger partial charge >= 0.3 is 0 Å². The molecule has 2 aliphatic rings. The van der Waals surface area contributed by atoms with Gasteiger partial charge in [-0.05, 0) is 43.0 Å². The summed E-state index contributed by atoms with van der Waals surface area (Å²) in [5.41, 5.74) is -0.688. The number of hydrogen-bond acceptors (Lipinski definition) is 6. The lowest BCUT2D eigenvalue weighted by Crippen LogP contribution is -2.51. The van der Waals surface area contributed by atoms with Crippen molar-refractivity contribution < 1.29 is 4.79 Å². The molecule has 1 aromatic heterocycles. The first-order chi connectivity index (χ1) is 10.6. The summed E-state index contributed by atoms with van der Waals surface area (Å²) in [5.74, 6) is -0.112. The summed E-state index contributed by atoms with van der Waals surface area (Å²) in [6.07, 6.45) is 6.80. The zero-order valence-corrected chi connectivity index (χ0v) is 13.5. The highest BCUT2D eigenvalue weighted by atomic mass is 32.2. The molecule has 1 aromatic rings. The summed E-state index contributed by atoms with van der Waals surface area (Å²) in [5, 5.41) is 24.5. The minimum atomic E-state index is -0.688. The van der Waals surface area contributed by atoms with Crippen LogP contribution in [-0.4, -0.2) is 36.9 Å². The molecule has 2 aliphatic carbocycles. The average molecular weight is 320 g/mol. The molecule has 8 heteroatoms. The number of hydrogen-bond donors (Lipinski definition) is 1. The Balaban J connectivity index is 1.61. The largest absolute Gasteiger partial charge is 0.337 e. The zero-order valence-electron chi connectivity index (χ0n) is 12.7. The molecule has 1 N–H and O–H groups in total. The van der Waals surface area contributed by atoms with Crippen molar-refractivity contribution in [3.8, 4) is 6.07 Å². The molecule has 0 aliphatic heterocycles. The second-order valence-corrected chi connectivity index (χ2v) is 7.45. The predicted molar refractivity (Wildman–Crippen MR) is 81.0 cm³/mol. The van der Waals surface area contributed by atoms with Gasteiger partial charge < -0.3 is 5.32 Å². The highest BCUT2D eigenvalue weighted by molar-refractivity contribution is 8.00. The summed E-state index contributed by atoms with van der Waals surface area (Å²) in [6.45, 7) is 1.83. The molecule has 0 bridgehead atoms. The van der Waals surface area contributed by atoms with Crippen molar-refractivity contribution >= 4 is 17.7 Å². The summed E-state index contributed by atoms with van der Waals surface area (Å²) < 4.78 is 1.80. The van der Waals surface area contributed by atoms with Gasteiger partial charge in [0.1, 0.15) is 5.54 Å². The quantitative estimate of drug-likeness (QED) is 0.831. The number of carbonyl (C=O) groups excluding carboxylic acids is 1. The Morgan fingerprint density at radius 3 is 2.82 bits per heavy atom. The van der Waals surface area contributed by atoms with Crippen molar-refractivity contribution in [3.63, 3.8) is 0 Å². The molecule has 0 spiro atoms. The number of nitriles is 1. The Labute approximate surface area is 133 Å². The minimum Gasteiger partial charge on any atom is -0.337 e. The molecule has 2 fully saturated rings. The van der Waals surface area contributed by atoms with Crippen molar-refractivity contribution in [1.82, 2.24) is 25.5 Å². The summed E-state index contributed by atoms with van der Waals surface area (Å²) in [4.78, 5) is 12.4. The predicted octanol–water partition coefficient (Wildman–Crippen LogP) is 1.83. The Bertz CT molecular complexity index is 584. The molecule has 1 heterocycles. The minimum absolute atomic E-state index is 0.112. The number of rotatable bonds is 5. The van der Waals surface area contributed by atoms with Crippen LogP contribution in [0.1, 0.15) is 57.9 Å². The summed E-state index contributed by atoms with van der Waals surface area (Å²) in [6, 6.07) is 2.70. The molecule has 0 radical (unpaired) electrons. The normalized spacial score (nSPS) is 21.8. The third-order valence-corrected chi connectivity index (χ3v) is 5.34. The smallest absolute Gasteiger partial charge is 0.234 e. The van der Waals surface area contributed by atoms with E-state index in [1.807, 2.05) is 6.92 Å². The fourth-order valence-corrected chi connectivity index (χ4v) is 3.64. The van der Waals surface area contributed by atoms with Crippen LogP contribution in [0, 0.1) is 11.3 Å². The fraction of sp³-hybridized carbons (Fsp3) is 0.786. The average Bonchev–Trinajstić information content (AvgIpc) is 3.28. The van der Waals surface area contributed by atoms with Gasteiger partial charge in [-0.15, -0.1) is 5.10 Å². The molecule has 1 unspecified atom stereocenters.